The minimum Gasteiger partial charge on any atom is -0.412 e. The van der Waals surface area contributed by atoms with Gasteiger partial charge >= 0.3 is 27.2 Å². The molecule has 0 aliphatic rings. The van der Waals surface area contributed by atoms with Gasteiger partial charge in [-0.25, -0.2) is 0 Å². The molecule has 0 aliphatic heterocycles. The second kappa shape index (κ2) is 40.1. The average molecular weight is 283 g/mol. The monoisotopic (exact) mass is 283 g/mol. The van der Waals surface area contributed by atoms with E-state index in [4.69, 9.17) is 17.5 Å². The second-order valence-corrected chi connectivity index (χ2v) is 1.34. The fourth-order valence-corrected chi connectivity index (χ4v) is 0. The molecule has 0 fully saturated rings. The van der Waals surface area contributed by atoms with E-state index in [9.17, 15) is 0 Å². The molecule has 0 spiro atoms. The largest absolute Gasteiger partial charge is 2.00 e. The van der Waals surface area contributed by atoms with E-state index in [0.29, 0.717) is 0 Å². The quantitative estimate of drug-likeness (QED) is 0.409. The third-order valence-electron chi connectivity index (χ3n) is 0. The summed E-state index contributed by atoms with van der Waals surface area (Å²) in [6, 6.07) is 0. The van der Waals surface area contributed by atoms with Crippen LogP contribution in [0.1, 0.15) is 0 Å². The van der Waals surface area contributed by atoms with Crippen LogP contribution in [0.3, 0.4) is 0 Å². The fourth-order valence-electron chi connectivity index (χ4n) is 0. The van der Waals surface area contributed by atoms with Gasteiger partial charge in [0.2, 0.25) is 0 Å². The molecular formula is H16CoO11S+2. The van der Waals surface area contributed by atoms with Crippen molar-refractivity contribution in [3.63, 3.8) is 0 Å². The molecule has 1 radical (unpaired) electrons. The molecule has 13 heavy (non-hydrogen) atoms. The molecule has 0 saturated heterocycles. The van der Waals surface area contributed by atoms with E-state index < -0.39 is 10.4 Å². The summed E-state index contributed by atoms with van der Waals surface area (Å²) in [5.74, 6) is 0. The van der Waals surface area contributed by atoms with Crippen LogP contribution in [0, 0.1) is 0 Å². The van der Waals surface area contributed by atoms with Crippen LogP contribution in [-0.2, 0) is 27.2 Å². The Morgan fingerprint density at radius 3 is 0.615 bits per heavy atom. The molecule has 0 aromatic carbocycles. The van der Waals surface area contributed by atoms with E-state index in [0.717, 1.165) is 0 Å². The maximum Gasteiger partial charge on any atom is 2.00 e. The predicted molar refractivity (Wildman–Crippen MR) is 39.5 cm³/mol. The number of rotatable bonds is 0. The molecule has 0 unspecified atom stereocenters. The molecule has 16 N–H and O–H groups in total. The molecule has 0 saturated carbocycles. The normalized spacial score (nSPS) is 4.46. The maximum absolute atomic E-state index is 8.74. The maximum atomic E-state index is 8.74. The Morgan fingerprint density at radius 2 is 0.615 bits per heavy atom. The Morgan fingerprint density at radius 1 is 0.615 bits per heavy atom. The summed E-state index contributed by atoms with van der Waals surface area (Å²) in [6.45, 7) is 0. The third-order valence-corrected chi connectivity index (χ3v) is 0. The van der Waals surface area contributed by atoms with Crippen LogP contribution in [0.5, 0.6) is 0 Å². The van der Waals surface area contributed by atoms with Crippen LogP contribution in [0.4, 0.5) is 0 Å². The molecule has 0 bridgehead atoms. The summed E-state index contributed by atoms with van der Waals surface area (Å²) in [4.78, 5) is 0. The molecular weight excluding hydrogens is 267 g/mol. The van der Waals surface area contributed by atoms with E-state index in [1.54, 1.807) is 0 Å². The average Bonchev–Trinajstić information content (AvgIpc) is 0.722. The van der Waals surface area contributed by atoms with Gasteiger partial charge in [0.15, 0.2) is 0 Å². The molecule has 11 nitrogen and oxygen atoms in total. The molecule has 0 aromatic heterocycles. The van der Waals surface area contributed by atoms with Crippen LogP contribution in [0.25, 0.3) is 0 Å². The minimum atomic E-state index is -4.67. The van der Waals surface area contributed by atoms with Crippen molar-refractivity contribution in [3.05, 3.63) is 0 Å². The Hall–Kier alpha value is 0.0965. The summed E-state index contributed by atoms with van der Waals surface area (Å²) in [7, 11) is -4.67. The van der Waals surface area contributed by atoms with Crippen molar-refractivity contribution in [3.8, 4) is 0 Å². The zero-order valence-electron chi connectivity index (χ0n) is 5.95. The van der Waals surface area contributed by atoms with Crippen molar-refractivity contribution in [2.24, 2.45) is 0 Å². The van der Waals surface area contributed by atoms with E-state index in [1.165, 1.54) is 0 Å². The Labute approximate surface area is 83.7 Å². The van der Waals surface area contributed by atoms with Gasteiger partial charge in [0.05, 0.1) is 0 Å². The molecule has 0 atom stereocenters. The van der Waals surface area contributed by atoms with E-state index in [-0.39, 0.29) is 55.1 Å². The standard InChI is InChI=1S/Co.H2O4S.7H2O/c;1-5(2,3)4;;;;;;;/h;(H2,1,2,3,4);7*1H2/q+2;;;;;;;;. The van der Waals surface area contributed by atoms with Crippen molar-refractivity contribution in [2.45, 2.75) is 0 Å². The first-order valence-corrected chi connectivity index (χ1v) is 2.10. The first-order valence-electron chi connectivity index (χ1n) is 0.698. The fraction of sp³-hybridized carbons (Fsp3) is 0. The summed E-state index contributed by atoms with van der Waals surface area (Å²) in [5, 5.41) is 0. The van der Waals surface area contributed by atoms with Gasteiger partial charge in [-0.15, -0.1) is 0 Å². The third kappa shape index (κ3) is 132000. The Kier molecular flexibility index (Phi) is 352. The predicted octanol–water partition coefficient (Wildman–Crippen LogP) is -6.43. The topological polar surface area (TPSA) is 295 Å². The van der Waals surface area contributed by atoms with E-state index in [2.05, 4.69) is 0 Å². The van der Waals surface area contributed by atoms with Gasteiger partial charge in [0.1, 0.15) is 0 Å². The first kappa shape index (κ1) is 114. The SMILES string of the molecule is O.O.O.O.O.O.O.O=S(=O)(O)O.[Co+2]. The van der Waals surface area contributed by atoms with Crippen molar-refractivity contribution >= 4 is 10.4 Å². The molecule has 0 aliphatic carbocycles. The van der Waals surface area contributed by atoms with Gasteiger partial charge < -0.3 is 38.3 Å². The Bertz CT molecular complexity index is 93.3. The number of hydrogen-bond acceptors (Lipinski definition) is 2. The molecule has 0 heterocycles. The Balaban J connectivity index is -0.00000000286. The smallest absolute Gasteiger partial charge is 0.412 e. The van der Waals surface area contributed by atoms with Crippen molar-refractivity contribution in [1.29, 1.82) is 0 Å². The summed E-state index contributed by atoms with van der Waals surface area (Å²) >= 11 is 0. The zero-order chi connectivity index (χ0) is 4.50. The summed E-state index contributed by atoms with van der Waals surface area (Å²) in [5.41, 5.74) is 0. The van der Waals surface area contributed by atoms with Gasteiger partial charge in [0, 0.05) is 0 Å². The van der Waals surface area contributed by atoms with Gasteiger partial charge in [-0.05, 0) is 0 Å². The van der Waals surface area contributed by atoms with E-state index >= 15 is 0 Å². The van der Waals surface area contributed by atoms with Crippen LogP contribution >= 0.6 is 0 Å². The van der Waals surface area contributed by atoms with E-state index in [1.807, 2.05) is 0 Å². The van der Waals surface area contributed by atoms with Gasteiger partial charge in [-0.2, -0.15) is 8.42 Å². The zero-order valence-corrected chi connectivity index (χ0v) is 7.81. The van der Waals surface area contributed by atoms with Gasteiger partial charge in [-0.1, -0.05) is 0 Å². The summed E-state index contributed by atoms with van der Waals surface area (Å²) in [6.07, 6.45) is 0. The van der Waals surface area contributed by atoms with Crippen molar-refractivity contribution < 1.29 is 72.6 Å². The molecule has 0 rings (SSSR count). The van der Waals surface area contributed by atoms with Crippen LogP contribution < -0.4 is 0 Å². The van der Waals surface area contributed by atoms with Crippen molar-refractivity contribution in [1.82, 2.24) is 0 Å². The molecule has 95 valence electrons. The summed E-state index contributed by atoms with van der Waals surface area (Å²) < 4.78 is 31.6. The first-order chi connectivity index (χ1) is 2.00. The van der Waals surface area contributed by atoms with Gasteiger partial charge in [0.25, 0.3) is 0 Å². The van der Waals surface area contributed by atoms with Crippen molar-refractivity contribution in [2.75, 3.05) is 0 Å². The van der Waals surface area contributed by atoms with Crippen LogP contribution in [0.15, 0.2) is 0 Å². The molecule has 0 amide bonds. The van der Waals surface area contributed by atoms with Crippen LogP contribution in [-0.4, -0.2) is 55.9 Å². The molecule has 0 aromatic rings. The number of hydrogen-bond donors (Lipinski definition) is 2. The minimum absolute atomic E-state index is 0. The molecule has 13 heteroatoms. The second-order valence-electron chi connectivity index (χ2n) is 0.448. The van der Waals surface area contributed by atoms with Crippen LogP contribution in [0.2, 0.25) is 0 Å². The van der Waals surface area contributed by atoms with Gasteiger partial charge in [-0.3, -0.25) is 9.11 Å².